The van der Waals surface area contributed by atoms with Gasteiger partial charge in [-0.15, -0.1) is 0 Å². The summed E-state index contributed by atoms with van der Waals surface area (Å²) in [6, 6.07) is 16.8. The first-order chi connectivity index (χ1) is 19.4. The van der Waals surface area contributed by atoms with E-state index in [4.69, 9.17) is 21.1 Å². The molecular weight excluding hydrogens is 571 g/mol. The lowest BCUT2D eigenvalue weighted by Gasteiger charge is -2.18. The monoisotopic (exact) mass is 596 g/mol. The molecule has 0 saturated heterocycles. The second kappa shape index (κ2) is 13.6. The predicted octanol–water partition coefficient (Wildman–Crippen LogP) is 7.03. The minimum atomic E-state index is -0.401. The second-order valence-corrected chi connectivity index (χ2v) is 9.83. The summed E-state index contributed by atoms with van der Waals surface area (Å²) < 4.78 is 25.0. The molecule has 1 aromatic heterocycles. The van der Waals surface area contributed by atoms with E-state index in [1.807, 2.05) is 6.92 Å². The zero-order chi connectivity index (χ0) is 28.6. The number of ether oxygens (including phenoxy) is 2. The van der Waals surface area contributed by atoms with E-state index < -0.39 is 5.92 Å². The maximum absolute atomic E-state index is 13.5. The van der Waals surface area contributed by atoms with Gasteiger partial charge in [0, 0.05) is 34.8 Å². The molecule has 7 nitrogen and oxygen atoms in total. The van der Waals surface area contributed by atoms with E-state index in [2.05, 4.69) is 46.9 Å². The number of nitriles is 1. The number of pyridine rings is 1. The number of amides is 1. The first-order valence-electron chi connectivity index (χ1n) is 12.3. The largest absolute Gasteiger partial charge is 0.492 e. The zero-order valence-electron chi connectivity index (χ0n) is 21.4. The third kappa shape index (κ3) is 6.91. The Morgan fingerprint density at radius 2 is 1.93 bits per heavy atom. The van der Waals surface area contributed by atoms with Crippen LogP contribution in [0.3, 0.4) is 0 Å². The van der Waals surface area contributed by atoms with E-state index in [0.29, 0.717) is 73.7 Å². The number of aromatic nitrogens is 1. The normalized spacial score (nSPS) is 10.8. The molecule has 11 heteroatoms. The Hall–Kier alpha value is -3.65. The number of carbonyl (C=O) groups is 1. The summed E-state index contributed by atoms with van der Waals surface area (Å²) in [6.45, 7) is 2.37. The van der Waals surface area contributed by atoms with Crippen LogP contribution in [0.15, 0.2) is 60.8 Å². The molecule has 0 unspecified atom stereocenters. The molecule has 0 aliphatic carbocycles. The van der Waals surface area contributed by atoms with Crippen LogP contribution in [0.2, 0.25) is 5.02 Å². The molecule has 4 aromatic rings. The molecule has 0 atom stereocenters. The molecule has 0 aliphatic rings. The highest BCUT2D eigenvalue weighted by Gasteiger charge is 2.20. The van der Waals surface area contributed by atoms with Crippen molar-refractivity contribution in [1.29, 1.82) is 5.26 Å². The second-order valence-electron chi connectivity index (χ2n) is 8.70. The molecule has 1 amide bonds. The number of fused-ring (bicyclic) bond motifs is 1. The lowest BCUT2D eigenvalue weighted by Crippen LogP contribution is -2.25. The molecule has 0 radical (unpaired) electrons. The number of carbonyl (C=O) groups excluding carboxylic acids is 1. The van der Waals surface area contributed by atoms with Crippen LogP contribution >= 0.6 is 36.9 Å². The number of nitrogens with one attached hydrogen (secondary N) is 2. The van der Waals surface area contributed by atoms with Crippen molar-refractivity contribution >= 4 is 70.7 Å². The summed E-state index contributed by atoms with van der Waals surface area (Å²) in [6.07, 6.45) is 1.47. The summed E-state index contributed by atoms with van der Waals surface area (Å²) in [4.78, 5) is 17.2. The van der Waals surface area contributed by atoms with E-state index in [1.54, 1.807) is 42.5 Å². The van der Waals surface area contributed by atoms with Crippen molar-refractivity contribution in [3.63, 3.8) is 0 Å². The summed E-state index contributed by atoms with van der Waals surface area (Å²) in [7, 11) is 0. The topological polar surface area (TPSA) is 96.3 Å². The first-order valence-corrected chi connectivity index (χ1v) is 14.0. The maximum Gasteiger partial charge on any atom is 0.229 e. The number of hydrogen-bond acceptors (Lipinski definition) is 8. The standard InChI is InChI=1S/C29H26ClFN4O3S2/c1-2-37-27-11-24-22(10-25(27)35-29(36)19(15-39)16-40)28(18(12-32)13-33-24)34-21-6-7-26(23(30)9-21)38-14-17-4-3-5-20(31)8-17/h3-11,13,19,39-40H,2,14-16H2,1H3,(H,33,34)(H,35,36). The van der Waals surface area contributed by atoms with Crippen molar-refractivity contribution < 1.29 is 18.7 Å². The van der Waals surface area contributed by atoms with Crippen LogP contribution in [0, 0.1) is 23.1 Å². The van der Waals surface area contributed by atoms with Gasteiger partial charge in [-0.05, 0) is 48.9 Å². The molecule has 0 bridgehead atoms. The maximum atomic E-state index is 13.5. The highest BCUT2D eigenvalue weighted by molar-refractivity contribution is 7.81. The third-order valence-electron chi connectivity index (χ3n) is 5.94. The quantitative estimate of drug-likeness (QED) is 0.139. The zero-order valence-corrected chi connectivity index (χ0v) is 24.0. The van der Waals surface area contributed by atoms with Crippen molar-refractivity contribution in [1.82, 2.24) is 4.98 Å². The molecule has 2 N–H and O–H groups in total. The number of thiol groups is 2. The summed E-state index contributed by atoms with van der Waals surface area (Å²) >= 11 is 15.0. The number of anilines is 3. The first kappa shape index (κ1) is 29.3. The van der Waals surface area contributed by atoms with Crippen molar-refractivity contribution in [3.8, 4) is 17.6 Å². The molecule has 1 heterocycles. The van der Waals surface area contributed by atoms with Gasteiger partial charge in [0.25, 0.3) is 0 Å². The lowest BCUT2D eigenvalue weighted by atomic mass is 10.1. The summed E-state index contributed by atoms with van der Waals surface area (Å²) in [5.41, 5.74) is 3.04. The van der Waals surface area contributed by atoms with Crippen LogP contribution in [-0.2, 0) is 11.4 Å². The summed E-state index contributed by atoms with van der Waals surface area (Å²) in [5.74, 6) is 0.554. The van der Waals surface area contributed by atoms with E-state index >= 15 is 0 Å². The van der Waals surface area contributed by atoms with Crippen molar-refractivity contribution in [2.45, 2.75) is 13.5 Å². The minimum Gasteiger partial charge on any atom is -0.492 e. The highest BCUT2D eigenvalue weighted by atomic mass is 35.5. The Morgan fingerprint density at radius 1 is 1.12 bits per heavy atom. The average molecular weight is 597 g/mol. The fourth-order valence-electron chi connectivity index (χ4n) is 3.90. The molecule has 206 valence electrons. The molecule has 0 saturated carbocycles. The number of nitrogens with zero attached hydrogens (tertiary/aromatic N) is 2. The van der Waals surface area contributed by atoms with Gasteiger partial charge in [-0.3, -0.25) is 9.78 Å². The number of halogens is 2. The highest BCUT2D eigenvalue weighted by Crippen LogP contribution is 2.37. The Labute approximate surface area is 247 Å². The molecular formula is C29H26ClFN4O3S2. The van der Waals surface area contributed by atoms with Crippen LogP contribution in [-0.4, -0.2) is 29.0 Å². The Morgan fingerprint density at radius 3 is 2.60 bits per heavy atom. The van der Waals surface area contributed by atoms with Gasteiger partial charge in [0.05, 0.1) is 40.0 Å². The van der Waals surface area contributed by atoms with Gasteiger partial charge in [-0.25, -0.2) is 4.39 Å². The Bertz CT molecular complexity index is 1580. The van der Waals surface area contributed by atoms with Crippen LogP contribution in [0.25, 0.3) is 10.9 Å². The molecule has 4 rings (SSSR count). The molecule has 3 aromatic carbocycles. The Balaban J connectivity index is 1.67. The Kier molecular flexibility index (Phi) is 9.98. The van der Waals surface area contributed by atoms with Crippen molar-refractivity contribution in [3.05, 3.63) is 82.8 Å². The van der Waals surface area contributed by atoms with E-state index in [1.165, 1.54) is 18.3 Å². The van der Waals surface area contributed by atoms with Crippen LogP contribution in [0.5, 0.6) is 11.5 Å². The van der Waals surface area contributed by atoms with E-state index in [0.717, 1.165) is 0 Å². The van der Waals surface area contributed by atoms with Gasteiger partial charge < -0.3 is 20.1 Å². The van der Waals surface area contributed by atoms with Gasteiger partial charge in [-0.2, -0.15) is 30.5 Å². The molecule has 40 heavy (non-hydrogen) atoms. The van der Waals surface area contributed by atoms with E-state index in [9.17, 15) is 14.4 Å². The van der Waals surface area contributed by atoms with Crippen molar-refractivity contribution in [2.24, 2.45) is 5.92 Å². The van der Waals surface area contributed by atoms with Gasteiger partial charge >= 0.3 is 0 Å². The number of hydrogen-bond donors (Lipinski definition) is 4. The smallest absolute Gasteiger partial charge is 0.229 e. The molecule has 0 spiro atoms. The van der Waals surface area contributed by atoms with E-state index in [-0.39, 0.29) is 18.3 Å². The average Bonchev–Trinajstić information content (AvgIpc) is 2.94. The summed E-state index contributed by atoms with van der Waals surface area (Å²) in [5, 5.41) is 16.9. The minimum absolute atomic E-state index is 0.149. The lowest BCUT2D eigenvalue weighted by molar-refractivity contribution is -0.118. The number of rotatable bonds is 11. The van der Waals surface area contributed by atoms with Gasteiger partial charge in [-0.1, -0.05) is 23.7 Å². The predicted molar refractivity (Wildman–Crippen MR) is 163 cm³/mol. The van der Waals surface area contributed by atoms with Gasteiger partial charge in [0.1, 0.15) is 30.0 Å². The fourth-order valence-corrected chi connectivity index (χ4v) is 4.93. The van der Waals surface area contributed by atoms with Gasteiger partial charge in [0.2, 0.25) is 5.91 Å². The van der Waals surface area contributed by atoms with Crippen molar-refractivity contribution in [2.75, 3.05) is 28.7 Å². The molecule has 0 fully saturated rings. The SMILES string of the molecule is CCOc1cc2ncc(C#N)c(Nc3ccc(OCc4cccc(F)c4)c(Cl)c3)c2cc1NC(=O)C(CS)CS. The number of benzene rings is 3. The van der Waals surface area contributed by atoms with Crippen LogP contribution in [0.1, 0.15) is 18.1 Å². The van der Waals surface area contributed by atoms with Crippen LogP contribution < -0.4 is 20.1 Å². The fraction of sp³-hybridized carbons (Fsp3) is 0.207. The third-order valence-corrected chi connectivity index (χ3v) is 7.12. The molecule has 0 aliphatic heterocycles. The van der Waals surface area contributed by atoms with Gasteiger partial charge in [0.15, 0.2) is 0 Å². The van der Waals surface area contributed by atoms with Crippen LogP contribution in [0.4, 0.5) is 21.5 Å².